The van der Waals surface area contributed by atoms with Gasteiger partial charge in [-0.05, 0) is 11.1 Å². The molecule has 3 amide bonds. The van der Waals surface area contributed by atoms with Crippen LogP contribution in [-0.2, 0) is 41.7 Å². The van der Waals surface area contributed by atoms with Crippen molar-refractivity contribution in [3.05, 3.63) is 35.4 Å². The molecule has 0 aromatic heterocycles. The molecule has 13 nitrogen and oxygen atoms in total. The molecule has 0 saturated heterocycles. The van der Waals surface area contributed by atoms with Gasteiger partial charge in [-0.25, -0.2) is 4.79 Å². The van der Waals surface area contributed by atoms with Crippen molar-refractivity contribution in [3.63, 3.8) is 0 Å². The van der Waals surface area contributed by atoms with E-state index in [0.29, 0.717) is 18.5 Å². The lowest BCUT2D eigenvalue weighted by molar-refractivity contribution is -0.143. The number of aliphatic carboxylic acids is 3. The molecule has 0 fully saturated rings. The first kappa shape index (κ1) is 29.4. The zero-order valence-corrected chi connectivity index (χ0v) is 19.5. The molecule has 14 heteroatoms. The summed E-state index contributed by atoms with van der Waals surface area (Å²) in [6.07, 6.45) is -0.721. The lowest BCUT2D eigenvalue weighted by atomic mass is 10.1. The van der Waals surface area contributed by atoms with Crippen LogP contribution in [0.2, 0.25) is 0 Å². The van der Waals surface area contributed by atoms with Crippen molar-refractivity contribution >= 4 is 48.8 Å². The first-order chi connectivity index (χ1) is 16.5. The van der Waals surface area contributed by atoms with Gasteiger partial charge in [0.2, 0.25) is 18.2 Å². The normalized spacial score (nSPS) is 13.1. The van der Waals surface area contributed by atoms with Crippen LogP contribution in [0.3, 0.4) is 0 Å². The first-order valence-electron chi connectivity index (χ1n) is 10.4. The van der Waals surface area contributed by atoms with E-state index in [4.69, 9.17) is 15.3 Å². The van der Waals surface area contributed by atoms with Gasteiger partial charge in [-0.1, -0.05) is 24.3 Å². The molecule has 35 heavy (non-hydrogen) atoms. The van der Waals surface area contributed by atoms with Gasteiger partial charge in [-0.2, -0.15) is 12.6 Å². The summed E-state index contributed by atoms with van der Waals surface area (Å²) in [5.41, 5.74) is 1.45. The molecule has 0 radical (unpaired) electrons. The summed E-state index contributed by atoms with van der Waals surface area (Å²) in [5, 5.41) is 37.1. The molecule has 1 aromatic rings. The highest BCUT2D eigenvalue weighted by Crippen LogP contribution is 2.06. The summed E-state index contributed by atoms with van der Waals surface area (Å²) < 4.78 is 0. The van der Waals surface area contributed by atoms with E-state index >= 15 is 0 Å². The second-order valence-electron chi connectivity index (χ2n) is 7.50. The maximum Gasteiger partial charge on any atom is 0.327 e. The van der Waals surface area contributed by atoms with Gasteiger partial charge < -0.3 is 36.6 Å². The average Bonchev–Trinajstić information content (AvgIpc) is 2.78. The van der Waals surface area contributed by atoms with Gasteiger partial charge in [0.25, 0.3) is 0 Å². The van der Waals surface area contributed by atoms with E-state index in [0.717, 1.165) is 5.56 Å². The Balaban J connectivity index is 2.79. The Hall–Kier alpha value is -3.65. The Morgan fingerprint density at radius 3 is 2.00 bits per heavy atom. The van der Waals surface area contributed by atoms with Crippen molar-refractivity contribution in [2.24, 2.45) is 0 Å². The molecule has 0 unspecified atom stereocenters. The van der Waals surface area contributed by atoms with Crippen LogP contribution < -0.4 is 21.3 Å². The van der Waals surface area contributed by atoms with Crippen molar-refractivity contribution in [3.8, 4) is 0 Å². The molecular formula is C21H28N4O9S. The molecule has 0 aliphatic heterocycles. The summed E-state index contributed by atoms with van der Waals surface area (Å²) in [6.45, 7) is 0.0624. The van der Waals surface area contributed by atoms with Gasteiger partial charge >= 0.3 is 17.9 Å². The third-order valence-electron chi connectivity index (χ3n) is 4.67. The average molecular weight is 513 g/mol. The fourth-order valence-electron chi connectivity index (χ4n) is 2.96. The smallest absolute Gasteiger partial charge is 0.327 e. The quantitative estimate of drug-likeness (QED) is 0.0881. The molecule has 3 atom stereocenters. The number of amides is 3. The minimum absolute atomic E-state index is 0.0707. The lowest BCUT2D eigenvalue weighted by Crippen LogP contribution is -2.54. The van der Waals surface area contributed by atoms with Crippen LogP contribution in [0.1, 0.15) is 24.0 Å². The number of carboxylic acids is 3. The van der Waals surface area contributed by atoms with Crippen LogP contribution in [0, 0.1) is 0 Å². The van der Waals surface area contributed by atoms with E-state index in [1.165, 1.54) is 0 Å². The molecule has 0 saturated carbocycles. The standard InChI is InChI=1S/C21H28N4O9S/c26-11-22-8-13-3-1-12(2-4-13)5-17(27)24-14(6-18(28)29)9-23-15(7-19(30)31)20(32)25-16(10-35)21(33)34/h1-4,11,14-16,23,35H,5-10H2,(H,22,26)(H,24,27)(H,25,32)(H,28,29)(H,30,31)(H,33,34)/t14-,15-,16-/m0/s1. The Kier molecular flexibility index (Phi) is 12.8. The largest absolute Gasteiger partial charge is 0.481 e. The van der Waals surface area contributed by atoms with E-state index in [1.807, 2.05) is 0 Å². The van der Waals surface area contributed by atoms with Gasteiger partial charge in [0.15, 0.2) is 0 Å². The van der Waals surface area contributed by atoms with E-state index in [-0.39, 0.29) is 18.7 Å². The highest BCUT2D eigenvalue weighted by molar-refractivity contribution is 7.80. The van der Waals surface area contributed by atoms with Crippen LogP contribution >= 0.6 is 12.6 Å². The van der Waals surface area contributed by atoms with Crippen molar-refractivity contribution in [1.29, 1.82) is 0 Å². The van der Waals surface area contributed by atoms with Gasteiger partial charge in [0.05, 0.1) is 31.3 Å². The van der Waals surface area contributed by atoms with Gasteiger partial charge in [0.1, 0.15) is 6.04 Å². The third kappa shape index (κ3) is 11.9. The summed E-state index contributed by atoms with van der Waals surface area (Å²) in [6, 6.07) is 3.09. The summed E-state index contributed by atoms with van der Waals surface area (Å²) in [5.74, 6) is -5.58. The number of carbonyl (C=O) groups is 6. The fourth-order valence-corrected chi connectivity index (χ4v) is 3.21. The third-order valence-corrected chi connectivity index (χ3v) is 5.03. The van der Waals surface area contributed by atoms with E-state index in [2.05, 4.69) is 33.9 Å². The number of thiol groups is 1. The van der Waals surface area contributed by atoms with E-state index in [1.54, 1.807) is 24.3 Å². The number of hydrogen-bond donors (Lipinski definition) is 8. The second kappa shape index (κ2) is 15.3. The molecule has 0 aliphatic rings. The summed E-state index contributed by atoms with van der Waals surface area (Å²) >= 11 is 3.83. The van der Waals surface area contributed by atoms with Crippen molar-refractivity contribution in [2.45, 2.75) is 43.9 Å². The minimum Gasteiger partial charge on any atom is -0.481 e. The predicted octanol–water partition coefficient (Wildman–Crippen LogP) is -1.63. The summed E-state index contributed by atoms with van der Waals surface area (Å²) in [4.78, 5) is 68.7. The van der Waals surface area contributed by atoms with Crippen LogP contribution in [0.5, 0.6) is 0 Å². The Bertz CT molecular complexity index is 911. The maximum atomic E-state index is 12.4. The lowest BCUT2D eigenvalue weighted by Gasteiger charge is -2.23. The van der Waals surface area contributed by atoms with Gasteiger partial charge in [-0.3, -0.25) is 24.0 Å². The number of rotatable bonds is 17. The van der Waals surface area contributed by atoms with Crippen molar-refractivity contribution in [1.82, 2.24) is 21.3 Å². The maximum absolute atomic E-state index is 12.4. The molecular weight excluding hydrogens is 484 g/mol. The van der Waals surface area contributed by atoms with Crippen LogP contribution in [0.15, 0.2) is 24.3 Å². The fraction of sp³-hybridized carbons (Fsp3) is 0.429. The predicted molar refractivity (Wildman–Crippen MR) is 125 cm³/mol. The Labute approximate surface area is 206 Å². The highest BCUT2D eigenvalue weighted by atomic mass is 32.1. The number of benzene rings is 1. The van der Waals surface area contributed by atoms with Crippen molar-refractivity contribution in [2.75, 3.05) is 12.3 Å². The van der Waals surface area contributed by atoms with Crippen molar-refractivity contribution < 1.29 is 44.1 Å². The highest BCUT2D eigenvalue weighted by Gasteiger charge is 2.27. The molecule has 7 N–H and O–H groups in total. The topological polar surface area (TPSA) is 211 Å². The molecule has 0 aliphatic carbocycles. The molecule has 0 spiro atoms. The molecule has 1 rings (SSSR count). The monoisotopic (exact) mass is 512 g/mol. The SMILES string of the molecule is O=CNCc1ccc(CC(=O)N[C@H](CN[C@@H](CC(=O)O)C(=O)N[C@@H](CS)C(=O)O)CC(=O)O)cc1. The molecule has 0 bridgehead atoms. The van der Waals surface area contributed by atoms with E-state index in [9.17, 15) is 28.8 Å². The first-order valence-corrected chi connectivity index (χ1v) is 11.0. The van der Waals surface area contributed by atoms with Gasteiger partial charge in [-0.15, -0.1) is 0 Å². The Morgan fingerprint density at radius 1 is 0.886 bits per heavy atom. The van der Waals surface area contributed by atoms with Gasteiger partial charge in [0, 0.05) is 18.8 Å². The summed E-state index contributed by atoms with van der Waals surface area (Å²) in [7, 11) is 0. The van der Waals surface area contributed by atoms with Crippen LogP contribution in [0.4, 0.5) is 0 Å². The second-order valence-corrected chi connectivity index (χ2v) is 7.86. The number of carboxylic acid groups (broad SMARTS) is 3. The Morgan fingerprint density at radius 2 is 1.49 bits per heavy atom. The zero-order valence-electron chi connectivity index (χ0n) is 18.6. The van der Waals surface area contributed by atoms with Crippen LogP contribution in [-0.4, -0.2) is 81.9 Å². The van der Waals surface area contributed by atoms with E-state index < -0.39 is 60.7 Å². The number of carbonyl (C=O) groups excluding carboxylic acids is 3. The number of nitrogens with one attached hydrogen (secondary N) is 4. The molecule has 1 aromatic carbocycles. The minimum atomic E-state index is -1.38. The zero-order chi connectivity index (χ0) is 26.4. The molecule has 0 heterocycles. The number of hydrogen-bond acceptors (Lipinski definition) is 8. The molecule has 192 valence electrons. The van der Waals surface area contributed by atoms with Crippen LogP contribution in [0.25, 0.3) is 0 Å².